The van der Waals surface area contributed by atoms with Crippen molar-refractivity contribution in [2.45, 2.75) is 26.6 Å². The van der Waals surface area contributed by atoms with Gasteiger partial charge in [-0.2, -0.15) is 13.2 Å². The van der Waals surface area contributed by atoms with Crippen LogP contribution < -0.4 is 10.2 Å². The molecule has 2 aromatic carbocycles. The molecule has 0 unspecified atom stereocenters. The highest BCUT2D eigenvalue weighted by molar-refractivity contribution is 5.95. The molecule has 9 nitrogen and oxygen atoms in total. The van der Waals surface area contributed by atoms with Crippen LogP contribution >= 0.6 is 0 Å². The number of methoxy groups -OCH3 is 2. The lowest BCUT2D eigenvalue weighted by molar-refractivity contribution is -0.384. The third kappa shape index (κ3) is 9.02. The molecule has 0 radical (unpaired) electrons. The topological polar surface area (TPSA) is 107 Å². The maximum Gasteiger partial charge on any atom is 0.416 e. The molecule has 0 saturated heterocycles. The number of halogens is 3. The van der Waals surface area contributed by atoms with Crippen molar-refractivity contribution in [3.05, 3.63) is 87.6 Å². The normalized spacial score (nSPS) is 10.9. The fraction of sp³-hybridized carbons (Fsp3) is 0.357. The highest BCUT2D eigenvalue weighted by atomic mass is 19.4. The van der Waals surface area contributed by atoms with Gasteiger partial charge in [0.1, 0.15) is 0 Å². The number of hydrogen-bond donors (Lipinski definition) is 1. The van der Waals surface area contributed by atoms with Crippen LogP contribution in [0.2, 0.25) is 0 Å². The van der Waals surface area contributed by atoms with E-state index < -0.39 is 22.6 Å². The fourth-order valence-corrected chi connectivity index (χ4v) is 3.72. The van der Waals surface area contributed by atoms with Crippen LogP contribution in [0.5, 0.6) is 0 Å². The molecule has 0 aliphatic carbocycles. The maximum absolute atomic E-state index is 13.0. The zero-order chi connectivity index (χ0) is 29.7. The molecule has 0 spiro atoms. The van der Waals surface area contributed by atoms with E-state index in [0.717, 1.165) is 12.1 Å². The van der Waals surface area contributed by atoms with Gasteiger partial charge in [0.05, 0.1) is 35.0 Å². The first-order valence-electron chi connectivity index (χ1n) is 12.6. The number of anilines is 1. The van der Waals surface area contributed by atoms with Crippen molar-refractivity contribution in [3.8, 4) is 11.3 Å². The molecule has 3 aromatic rings. The van der Waals surface area contributed by atoms with E-state index in [1.165, 1.54) is 36.5 Å². The van der Waals surface area contributed by atoms with E-state index in [9.17, 15) is 28.1 Å². The van der Waals surface area contributed by atoms with Crippen molar-refractivity contribution in [2.75, 3.05) is 45.4 Å². The average Bonchev–Trinajstić information content (AvgIpc) is 2.96. The number of alkyl halides is 3. The van der Waals surface area contributed by atoms with Crippen molar-refractivity contribution >= 4 is 17.3 Å². The molecule has 12 heteroatoms. The molecule has 0 saturated carbocycles. The molecular weight excluding hydrogens is 529 g/mol. The Kier molecular flexibility index (Phi) is 12.5. The number of aromatic nitrogens is 1. The Bertz CT molecular complexity index is 1260. The summed E-state index contributed by atoms with van der Waals surface area (Å²) >= 11 is 0. The minimum atomic E-state index is -4.49. The van der Waals surface area contributed by atoms with Gasteiger partial charge < -0.3 is 19.7 Å². The zero-order valence-corrected chi connectivity index (χ0v) is 22.8. The van der Waals surface area contributed by atoms with E-state index >= 15 is 0 Å². The Morgan fingerprint density at radius 2 is 1.70 bits per heavy atom. The Balaban J connectivity index is 0.00000274. The number of ether oxygens (including phenoxy) is 2. The zero-order valence-electron chi connectivity index (χ0n) is 22.8. The number of carbonyl (C=O) groups is 1. The smallest absolute Gasteiger partial charge is 0.383 e. The molecule has 1 aromatic heterocycles. The van der Waals surface area contributed by atoms with E-state index in [1.54, 1.807) is 26.4 Å². The van der Waals surface area contributed by atoms with Crippen molar-refractivity contribution in [1.82, 2.24) is 10.3 Å². The van der Waals surface area contributed by atoms with Gasteiger partial charge in [0.2, 0.25) is 0 Å². The van der Waals surface area contributed by atoms with E-state index in [4.69, 9.17) is 9.47 Å². The summed E-state index contributed by atoms with van der Waals surface area (Å²) in [5.74, 6) is -0.563. The van der Waals surface area contributed by atoms with Gasteiger partial charge in [-0.3, -0.25) is 19.9 Å². The van der Waals surface area contributed by atoms with Crippen LogP contribution in [0.4, 0.5) is 24.5 Å². The lowest BCUT2D eigenvalue weighted by Crippen LogP contribution is -2.30. The number of carbonyl (C=O) groups excluding carboxylic acids is 1. The quantitative estimate of drug-likeness (QED) is 0.222. The Hall–Kier alpha value is -4.03. The van der Waals surface area contributed by atoms with Crippen LogP contribution in [0, 0.1) is 10.1 Å². The standard InChI is InChI=1S/C26H27F3N4O5.C2H6/c1-37-12-10-32(11-13-38-2)21-6-7-24(33(35)36)22(16-21)23-15-19(8-9-30-23)25(34)31-17-18-4-3-5-20(14-18)26(27,28)29;1-2/h3-9,14-16H,10-13,17H2,1-2H3,(H,31,34);1-2H3. The van der Waals surface area contributed by atoms with Gasteiger partial charge in [-0.05, 0) is 42.0 Å². The highest BCUT2D eigenvalue weighted by Crippen LogP contribution is 2.33. The lowest BCUT2D eigenvalue weighted by Gasteiger charge is -2.24. The second kappa shape index (κ2) is 15.5. The first kappa shape index (κ1) is 32.2. The number of nitrogens with one attached hydrogen (secondary N) is 1. The van der Waals surface area contributed by atoms with Gasteiger partial charge in [0.15, 0.2) is 0 Å². The van der Waals surface area contributed by atoms with Crippen molar-refractivity contribution < 1.29 is 32.4 Å². The molecule has 0 aliphatic rings. The molecule has 0 atom stereocenters. The minimum Gasteiger partial charge on any atom is -0.383 e. The fourth-order valence-electron chi connectivity index (χ4n) is 3.72. The second-order valence-electron chi connectivity index (χ2n) is 8.24. The van der Waals surface area contributed by atoms with Gasteiger partial charge in [-0.25, -0.2) is 0 Å². The predicted molar refractivity (Wildman–Crippen MR) is 146 cm³/mol. The van der Waals surface area contributed by atoms with Crippen LogP contribution in [0.25, 0.3) is 11.3 Å². The summed E-state index contributed by atoms with van der Waals surface area (Å²) < 4.78 is 49.2. The number of nitro benzene ring substituents is 1. The molecule has 3 rings (SSSR count). The number of rotatable bonds is 12. The summed E-state index contributed by atoms with van der Waals surface area (Å²) in [6.45, 7) is 5.75. The number of amides is 1. The molecule has 40 heavy (non-hydrogen) atoms. The van der Waals surface area contributed by atoms with Gasteiger partial charge in [-0.1, -0.05) is 26.0 Å². The average molecular weight is 563 g/mol. The summed E-state index contributed by atoms with van der Waals surface area (Å²) in [6.07, 6.45) is -3.15. The number of benzene rings is 2. The van der Waals surface area contributed by atoms with Gasteiger partial charge in [-0.15, -0.1) is 0 Å². The Labute approximate surface area is 231 Å². The molecule has 0 fully saturated rings. The summed E-state index contributed by atoms with van der Waals surface area (Å²) in [6, 6.07) is 12.1. The van der Waals surface area contributed by atoms with E-state index in [-0.39, 0.29) is 34.6 Å². The summed E-state index contributed by atoms with van der Waals surface area (Å²) in [7, 11) is 3.15. The highest BCUT2D eigenvalue weighted by Gasteiger charge is 2.30. The number of hydrogen-bond acceptors (Lipinski definition) is 7. The number of pyridine rings is 1. The molecule has 1 N–H and O–H groups in total. The van der Waals surface area contributed by atoms with Crippen molar-refractivity contribution in [3.63, 3.8) is 0 Å². The molecule has 1 amide bonds. The van der Waals surface area contributed by atoms with Crippen molar-refractivity contribution in [2.24, 2.45) is 0 Å². The maximum atomic E-state index is 13.0. The predicted octanol–water partition coefficient (Wildman–Crippen LogP) is 5.73. The second-order valence-corrected chi connectivity index (χ2v) is 8.24. The van der Waals surface area contributed by atoms with Crippen LogP contribution in [-0.4, -0.2) is 56.3 Å². The Morgan fingerprint density at radius 3 is 2.30 bits per heavy atom. The number of nitrogens with zero attached hydrogens (tertiary/aromatic N) is 3. The third-order valence-corrected chi connectivity index (χ3v) is 5.68. The van der Waals surface area contributed by atoms with Gasteiger partial charge in [0.25, 0.3) is 11.6 Å². The molecular formula is C28H33F3N4O5. The molecule has 0 aliphatic heterocycles. The minimum absolute atomic E-state index is 0.135. The van der Waals surface area contributed by atoms with E-state index in [0.29, 0.717) is 32.0 Å². The summed E-state index contributed by atoms with van der Waals surface area (Å²) in [4.78, 5) is 30.2. The third-order valence-electron chi connectivity index (χ3n) is 5.68. The van der Waals surface area contributed by atoms with Crippen LogP contribution in [0.1, 0.15) is 35.3 Å². The Morgan fingerprint density at radius 1 is 1.02 bits per heavy atom. The van der Waals surface area contributed by atoms with E-state index in [1.807, 2.05) is 18.7 Å². The molecule has 1 heterocycles. The first-order chi connectivity index (χ1) is 19.1. The molecule has 216 valence electrons. The molecule has 0 bridgehead atoms. The van der Waals surface area contributed by atoms with Crippen LogP contribution in [-0.2, 0) is 22.2 Å². The van der Waals surface area contributed by atoms with Crippen molar-refractivity contribution in [1.29, 1.82) is 0 Å². The van der Waals surface area contributed by atoms with E-state index in [2.05, 4.69) is 10.3 Å². The first-order valence-corrected chi connectivity index (χ1v) is 12.6. The number of nitro groups is 1. The summed E-state index contributed by atoms with van der Waals surface area (Å²) in [5, 5.41) is 14.3. The van der Waals surface area contributed by atoms with Crippen LogP contribution in [0.3, 0.4) is 0 Å². The SMILES string of the molecule is CC.COCCN(CCOC)c1ccc([N+](=O)[O-])c(-c2cc(C(=O)NCc3cccc(C(F)(F)F)c3)ccn2)c1. The lowest BCUT2D eigenvalue weighted by atomic mass is 10.0. The van der Waals surface area contributed by atoms with Gasteiger partial charge >= 0.3 is 6.18 Å². The monoisotopic (exact) mass is 562 g/mol. The largest absolute Gasteiger partial charge is 0.416 e. The van der Waals surface area contributed by atoms with Gasteiger partial charge in [0, 0.05) is 57.4 Å². The van der Waals surface area contributed by atoms with Crippen LogP contribution in [0.15, 0.2) is 60.8 Å². The summed E-state index contributed by atoms with van der Waals surface area (Å²) in [5.41, 5.74) is 0.508.